The van der Waals surface area contributed by atoms with Gasteiger partial charge in [0.2, 0.25) is 0 Å². The Labute approximate surface area is 97.5 Å². The first kappa shape index (κ1) is 11.0. The fourth-order valence-electron chi connectivity index (χ4n) is 2.33. The normalized spacial score (nSPS) is 17.3. The Morgan fingerprint density at radius 3 is 2.25 bits per heavy atom. The highest BCUT2D eigenvalue weighted by molar-refractivity contribution is 5.59. The van der Waals surface area contributed by atoms with Gasteiger partial charge in [0.15, 0.2) is 0 Å². The average molecular weight is 214 g/mol. The molecule has 0 aliphatic carbocycles. The molecular formula is C14H18N2. The van der Waals surface area contributed by atoms with Crippen LogP contribution in [0.25, 0.3) is 0 Å². The molecular weight excluding hydrogens is 196 g/mol. The van der Waals surface area contributed by atoms with Crippen molar-refractivity contribution in [3.63, 3.8) is 0 Å². The Morgan fingerprint density at radius 1 is 0.938 bits per heavy atom. The number of anilines is 1. The van der Waals surface area contributed by atoms with Crippen LogP contribution < -0.4 is 4.90 Å². The second kappa shape index (κ2) is 5.55. The van der Waals surface area contributed by atoms with E-state index < -0.39 is 0 Å². The van der Waals surface area contributed by atoms with Gasteiger partial charge in [0, 0.05) is 13.1 Å². The van der Waals surface area contributed by atoms with E-state index >= 15 is 0 Å². The van der Waals surface area contributed by atoms with Crippen molar-refractivity contribution in [2.75, 3.05) is 18.0 Å². The zero-order chi connectivity index (χ0) is 11.2. The summed E-state index contributed by atoms with van der Waals surface area (Å²) in [5, 5.41) is 9.10. The van der Waals surface area contributed by atoms with Crippen LogP contribution in [0, 0.1) is 11.3 Å². The largest absolute Gasteiger partial charge is 0.370 e. The molecule has 2 heteroatoms. The fourth-order valence-corrected chi connectivity index (χ4v) is 2.33. The lowest BCUT2D eigenvalue weighted by molar-refractivity contribution is 0.556. The average Bonchev–Trinajstić information content (AvgIpc) is 2.29. The number of nitriles is 1. The number of rotatable bonds is 1. The monoisotopic (exact) mass is 214 g/mol. The SMILES string of the molecule is N#Cc1ccccc1N1CCCCCCC1. The molecule has 2 nitrogen and oxygen atoms in total. The van der Waals surface area contributed by atoms with E-state index in [0.29, 0.717) is 0 Å². The summed E-state index contributed by atoms with van der Waals surface area (Å²) in [5.74, 6) is 0. The zero-order valence-corrected chi connectivity index (χ0v) is 9.65. The highest BCUT2D eigenvalue weighted by Crippen LogP contribution is 2.22. The van der Waals surface area contributed by atoms with Crippen molar-refractivity contribution in [2.45, 2.75) is 32.1 Å². The number of nitrogens with zero attached hydrogens (tertiary/aromatic N) is 2. The summed E-state index contributed by atoms with van der Waals surface area (Å²) in [6, 6.07) is 10.2. The van der Waals surface area contributed by atoms with Crippen molar-refractivity contribution < 1.29 is 0 Å². The van der Waals surface area contributed by atoms with Crippen LogP contribution in [0.15, 0.2) is 24.3 Å². The predicted octanol–water partition coefficient (Wildman–Crippen LogP) is 3.33. The van der Waals surface area contributed by atoms with Gasteiger partial charge < -0.3 is 4.90 Å². The predicted molar refractivity (Wildman–Crippen MR) is 66.5 cm³/mol. The quantitative estimate of drug-likeness (QED) is 0.717. The molecule has 1 heterocycles. The number of benzene rings is 1. The number of para-hydroxylation sites is 1. The van der Waals surface area contributed by atoms with Crippen molar-refractivity contribution in [3.8, 4) is 6.07 Å². The van der Waals surface area contributed by atoms with E-state index in [4.69, 9.17) is 5.26 Å². The molecule has 0 bridgehead atoms. The molecule has 1 aliphatic rings. The Hall–Kier alpha value is -1.49. The molecule has 1 aliphatic heterocycles. The highest BCUT2D eigenvalue weighted by Gasteiger charge is 2.11. The molecule has 0 radical (unpaired) electrons. The van der Waals surface area contributed by atoms with E-state index in [1.165, 1.54) is 32.1 Å². The van der Waals surface area contributed by atoms with Gasteiger partial charge in [0.05, 0.1) is 11.3 Å². The minimum absolute atomic E-state index is 0.808. The Bertz CT molecular complexity index is 371. The maximum Gasteiger partial charge on any atom is 0.101 e. The molecule has 0 aromatic heterocycles. The molecule has 0 unspecified atom stereocenters. The van der Waals surface area contributed by atoms with Gasteiger partial charge >= 0.3 is 0 Å². The van der Waals surface area contributed by atoms with Gasteiger partial charge in [-0.05, 0) is 25.0 Å². The second-order valence-corrected chi connectivity index (χ2v) is 4.38. The summed E-state index contributed by atoms with van der Waals surface area (Å²) in [7, 11) is 0. The highest BCUT2D eigenvalue weighted by atomic mass is 15.1. The summed E-state index contributed by atoms with van der Waals surface area (Å²) < 4.78 is 0. The third kappa shape index (κ3) is 2.55. The first-order valence-corrected chi connectivity index (χ1v) is 6.16. The van der Waals surface area contributed by atoms with Gasteiger partial charge in [-0.3, -0.25) is 0 Å². The third-order valence-electron chi connectivity index (χ3n) is 3.22. The molecule has 0 atom stereocenters. The number of hydrogen-bond donors (Lipinski definition) is 0. The molecule has 1 fully saturated rings. The van der Waals surface area contributed by atoms with Crippen LogP contribution in [0.1, 0.15) is 37.7 Å². The lowest BCUT2D eigenvalue weighted by Crippen LogP contribution is -2.27. The van der Waals surface area contributed by atoms with Gasteiger partial charge in [-0.25, -0.2) is 0 Å². The fraction of sp³-hybridized carbons (Fsp3) is 0.500. The van der Waals surface area contributed by atoms with Gasteiger partial charge in [0.1, 0.15) is 6.07 Å². The van der Waals surface area contributed by atoms with Gasteiger partial charge in [-0.1, -0.05) is 31.4 Å². The number of hydrogen-bond acceptors (Lipinski definition) is 2. The molecule has 1 saturated heterocycles. The smallest absolute Gasteiger partial charge is 0.101 e. The Morgan fingerprint density at radius 2 is 1.56 bits per heavy atom. The van der Waals surface area contributed by atoms with Crippen LogP contribution in [0.5, 0.6) is 0 Å². The minimum atomic E-state index is 0.808. The summed E-state index contributed by atoms with van der Waals surface area (Å²) in [6.07, 6.45) is 6.52. The van der Waals surface area contributed by atoms with E-state index in [2.05, 4.69) is 17.0 Å². The van der Waals surface area contributed by atoms with Crippen molar-refractivity contribution in [3.05, 3.63) is 29.8 Å². The Kier molecular flexibility index (Phi) is 3.82. The maximum atomic E-state index is 9.10. The van der Waals surface area contributed by atoms with E-state index in [9.17, 15) is 0 Å². The van der Waals surface area contributed by atoms with Gasteiger partial charge in [-0.2, -0.15) is 5.26 Å². The summed E-state index contributed by atoms with van der Waals surface area (Å²) in [4.78, 5) is 2.37. The lowest BCUT2D eigenvalue weighted by atomic mass is 10.1. The van der Waals surface area contributed by atoms with E-state index in [1.807, 2.05) is 18.2 Å². The minimum Gasteiger partial charge on any atom is -0.370 e. The summed E-state index contributed by atoms with van der Waals surface area (Å²) in [6.45, 7) is 2.19. The van der Waals surface area contributed by atoms with Crippen LogP contribution in [0.3, 0.4) is 0 Å². The van der Waals surface area contributed by atoms with Crippen LogP contribution in [-0.4, -0.2) is 13.1 Å². The summed E-state index contributed by atoms with van der Waals surface area (Å²) in [5.41, 5.74) is 1.93. The molecule has 0 spiro atoms. The van der Waals surface area contributed by atoms with E-state index in [0.717, 1.165) is 24.3 Å². The standard InChI is InChI=1S/C14H18N2/c15-12-13-8-4-5-9-14(13)16-10-6-2-1-3-7-11-16/h4-5,8-9H,1-3,6-7,10-11H2. The van der Waals surface area contributed by atoms with Crippen LogP contribution in [-0.2, 0) is 0 Å². The van der Waals surface area contributed by atoms with Crippen LogP contribution in [0.4, 0.5) is 5.69 Å². The van der Waals surface area contributed by atoms with Crippen LogP contribution >= 0.6 is 0 Å². The second-order valence-electron chi connectivity index (χ2n) is 4.38. The maximum absolute atomic E-state index is 9.10. The molecule has 16 heavy (non-hydrogen) atoms. The van der Waals surface area contributed by atoms with Crippen LogP contribution in [0.2, 0.25) is 0 Å². The first-order valence-electron chi connectivity index (χ1n) is 6.16. The molecule has 1 aromatic carbocycles. The van der Waals surface area contributed by atoms with E-state index in [-0.39, 0.29) is 0 Å². The Balaban J connectivity index is 2.17. The van der Waals surface area contributed by atoms with E-state index in [1.54, 1.807) is 0 Å². The first-order chi connectivity index (χ1) is 7.92. The van der Waals surface area contributed by atoms with Gasteiger partial charge in [0.25, 0.3) is 0 Å². The van der Waals surface area contributed by atoms with Crippen molar-refractivity contribution in [2.24, 2.45) is 0 Å². The molecule has 0 amide bonds. The topological polar surface area (TPSA) is 27.0 Å². The van der Waals surface area contributed by atoms with Gasteiger partial charge in [-0.15, -0.1) is 0 Å². The third-order valence-corrected chi connectivity index (χ3v) is 3.22. The summed E-state index contributed by atoms with van der Waals surface area (Å²) >= 11 is 0. The lowest BCUT2D eigenvalue weighted by Gasteiger charge is -2.27. The molecule has 0 saturated carbocycles. The van der Waals surface area contributed by atoms with Crippen molar-refractivity contribution in [1.29, 1.82) is 5.26 Å². The van der Waals surface area contributed by atoms with Crippen molar-refractivity contribution in [1.82, 2.24) is 0 Å². The van der Waals surface area contributed by atoms with Crippen molar-refractivity contribution >= 4 is 5.69 Å². The molecule has 84 valence electrons. The molecule has 0 N–H and O–H groups in total. The molecule has 2 rings (SSSR count). The zero-order valence-electron chi connectivity index (χ0n) is 9.65. The molecule has 1 aromatic rings.